The number of hydrogen-bond donors (Lipinski definition) is 1. The van der Waals surface area contributed by atoms with E-state index in [2.05, 4.69) is 46.0 Å². The Bertz CT molecular complexity index is 336. The highest BCUT2D eigenvalue weighted by atomic mass is 35.5. The molecule has 1 heterocycles. The van der Waals surface area contributed by atoms with Crippen LogP contribution in [0.2, 0.25) is 4.34 Å². The molecule has 0 fully saturated rings. The average Bonchev–Trinajstić information content (AvgIpc) is 2.53. The van der Waals surface area contributed by atoms with Crippen LogP contribution in [0.3, 0.4) is 0 Å². The molecule has 0 saturated heterocycles. The number of halogens is 1. The van der Waals surface area contributed by atoms with Gasteiger partial charge in [-0.1, -0.05) is 39.3 Å². The minimum atomic E-state index is 0.342. The van der Waals surface area contributed by atoms with Gasteiger partial charge in [0.2, 0.25) is 0 Å². The fourth-order valence-corrected chi connectivity index (χ4v) is 2.92. The van der Waals surface area contributed by atoms with Crippen LogP contribution in [0.5, 0.6) is 0 Å². The van der Waals surface area contributed by atoms with Crippen LogP contribution < -0.4 is 5.32 Å². The topological polar surface area (TPSA) is 12.0 Å². The van der Waals surface area contributed by atoms with Crippen LogP contribution in [0.1, 0.15) is 44.6 Å². The van der Waals surface area contributed by atoms with Gasteiger partial charge in [-0.3, -0.25) is 0 Å². The Hall–Kier alpha value is -0.0500. The first-order valence-electron chi connectivity index (χ1n) is 6.28. The first kappa shape index (κ1) is 15.0. The fraction of sp³-hybridized carbons (Fsp3) is 0.714. The fourth-order valence-electron chi connectivity index (χ4n) is 1.68. The van der Waals surface area contributed by atoms with Crippen LogP contribution in [-0.2, 0) is 6.42 Å². The van der Waals surface area contributed by atoms with Gasteiger partial charge >= 0.3 is 0 Å². The second-order valence-electron chi connectivity index (χ2n) is 5.87. The third kappa shape index (κ3) is 5.41. The Morgan fingerprint density at radius 1 is 1.41 bits per heavy atom. The van der Waals surface area contributed by atoms with E-state index in [0.29, 0.717) is 11.5 Å². The van der Waals surface area contributed by atoms with Crippen molar-refractivity contribution in [3.63, 3.8) is 0 Å². The third-order valence-electron chi connectivity index (χ3n) is 2.95. The Kier molecular flexibility index (Phi) is 5.49. The summed E-state index contributed by atoms with van der Waals surface area (Å²) in [5.74, 6) is 0. The molecule has 0 aromatic carbocycles. The Labute approximate surface area is 115 Å². The summed E-state index contributed by atoms with van der Waals surface area (Å²) in [6.07, 6.45) is 2.33. The van der Waals surface area contributed by atoms with Crippen molar-refractivity contribution in [3.8, 4) is 0 Å². The van der Waals surface area contributed by atoms with E-state index in [1.165, 1.54) is 16.9 Å². The molecule has 0 aliphatic carbocycles. The van der Waals surface area contributed by atoms with Crippen molar-refractivity contribution in [2.24, 2.45) is 5.41 Å². The van der Waals surface area contributed by atoms with Crippen molar-refractivity contribution in [1.82, 2.24) is 5.32 Å². The standard InChI is InChI=1S/C14H24ClNS/c1-10(2)16-9-14(4,5)7-6-12-8-11(3)13(15)17-12/h8,10,16H,6-7,9H2,1-5H3. The normalized spacial score (nSPS) is 12.4. The lowest BCUT2D eigenvalue weighted by atomic mass is 9.87. The SMILES string of the molecule is Cc1cc(CCC(C)(C)CNC(C)C)sc1Cl. The summed E-state index contributed by atoms with van der Waals surface area (Å²) in [5.41, 5.74) is 1.55. The van der Waals surface area contributed by atoms with Crippen LogP contribution in [0.25, 0.3) is 0 Å². The molecule has 0 atom stereocenters. The average molecular weight is 274 g/mol. The molecule has 3 heteroatoms. The quantitative estimate of drug-likeness (QED) is 0.794. The van der Waals surface area contributed by atoms with Gasteiger partial charge in [-0.15, -0.1) is 11.3 Å². The second-order valence-corrected chi connectivity index (χ2v) is 7.61. The van der Waals surface area contributed by atoms with Gasteiger partial charge < -0.3 is 5.32 Å². The number of nitrogens with one attached hydrogen (secondary N) is 1. The lowest BCUT2D eigenvalue weighted by Crippen LogP contribution is -2.34. The van der Waals surface area contributed by atoms with Crippen molar-refractivity contribution < 1.29 is 0 Å². The zero-order valence-corrected chi connectivity index (χ0v) is 13.1. The Morgan fingerprint density at radius 2 is 2.06 bits per heavy atom. The highest BCUT2D eigenvalue weighted by Gasteiger charge is 2.18. The van der Waals surface area contributed by atoms with Gasteiger partial charge in [0.05, 0.1) is 4.34 Å². The van der Waals surface area contributed by atoms with Crippen LogP contribution in [0, 0.1) is 12.3 Å². The number of hydrogen-bond acceptors (Lipinski definition) is 2. The molecule has 98 valence electrons. The van der Waals surface area contributed by atoms with Gasteiger partial charge in [0.1, 0.15) is 0 Å². The number of aryl methyl sites for hydroxylation is 2. The molecule has 1 nitrogen and oxygen atoms in total. The highest BCUT2D eigenvalue weighted by molar-refractivity contribution is 7.16. The molecule has 0 radical (unpaired) electrons. The van der Waals surface area contributed by atoms with Crippen molar-refractivity contribution in [2.75, 3.05) is 6.54 Å². The molecule has 17 heavy (non-hydrogen) atoms. The van der Waals surface area contributed by atoms with Gasteiger partial charge in [0.25, 0.3) is 0 Å². The van der Waals surface area contributed by atoms with Crippen molar-refractivity contribution in [2.45, 2.75) is 53.5 Å². The van der Waals surface area contributed by atoms with Crippen LogP contribution >= 0.6 is 22.9 Å². The maximum Gasteiger partial charge on any atom is 0.0960 e. The molecule has 0 unspecified atom stereocenters. The van der Waals surface area contributed by atoms with Gasteiger partial charge in [-0.2, -0.15) is 0 Å². The summed E-state index contributed by atoms with van der Waals surface area (Å²) in [7, 11) is 0. The lowest BCUT2D eigenvalue weighted by Gasteiger charge is -2.26. The Balaban J connectivity index is 2.43. The van der Waals surface area contributed by atoms with E-state index in [1.54, 1.807) is 11.3 Å². The smallest absolute Gasteiger partial charge is 0.0960 e. The van der Waals surface area contributed by atoms with Gasteiger partial charge in [-0.05, 0) is 36.8 Å². The van der Waals surface area contributed by atoms with Crippen LogP contribution in [0.4, 0.5) is 0 Å². The van der Waals surface area contributed by atoms with Crippen molar-refractivity contribution >= 4 is 22.9 Å². The zero-order valence-electron chi connectivity index (χ0n) is 11.6. The molecular formula is C14H24ClNS. The van der Waals surface area contributed by atoms with E-state index in [9.17, 15) is 0 Å². The maximum atomic E-state index is 6.09. The zero-order chi connectivity index (χ0) is 13.1. The van der Waals surface area contributed by atoms with Crippen LogP contribution in [0.15, 0.2) is 6.07 Å². The second kappa shape index (κ2) is 6.21. The summed E-state index contributed by atoms with van der Waals surface area (Å²) >= 11 is 7.81. The molecule has 1 rings (SSSR count). The predicted octanol–water partition coefficient (Wildman–Crippen LogP) is 4.67. The molecule has 0 aliphatic heterocycles. The molecular weight excluding hydrogens is 250 g/mol. The molecule has 1 aromatic heterocycles. The number of thiophene rings is 1. The summed E-state index contributed by atoms with van der Waals surface area (Å²) in [6, 6.07) is 2.78. The van der Waals surface area contributed by atoms with E-state index in [0.717, 1.165) is 17.3 Å². The first-order valence-corrected chi connectivity index (χ1v) is 7.48. The molecule has 0 bridgehead atoms. The number of rotatable bonds is 6. The monoisotopic (exact) mass is 273 g/mol. The predicted molar refractivity (Wildman–Crippen MR) is 79.3 cm³/mol. The summed E-state index contributed by atoms with van der Waals surface area (Å²) in [5, 5.41) is 3.52. The van der Waals surface area contributed by atoms with E-state index >= 15 is 0 Å². The minimum absolute atomic E-state index is 0.342. The molecule has 1 N–H and O–H groups in total. The maximum absolute atomic E-state index is 6.09. The van der Waals surface area contributed by atoms with Crippen molar-refractivity contribution in [3.05, 3.63) is 20.8 Å². The van der Waals surface area contributed by atoms with Gasteiger partial charge in [0, 0.05) is 17.5 Å². The lowest BCUT2D eigenvalue weighted by molar-refractivity contribution is 0.305. The van der Waals surface area contributed by atoms with E-state index in [4.69, 9.17) is 11.6 Å². The molecule has 0 saturated carbocycles. The summed E-state index contributed by atoms with van der Waals surface area (Å²) in [6.45, 7) is 12.2. The summed E-state index contributed by atoms with van der Waals surface area (Å²) < 4.78 is 0.943. The molecule has 0 spiro atoms. The first-order chi connectivity index (χ1) is 7.80. The molecule has 0 aliphatic rings. The van der Waals surface area contributed by atoms with Crippen LogP contribution in [-0.4, -0.2) is 12.6 Å². The van der Waals surface area contributed by atoms with E-state index in [-0.39, 0.29) is 0 Å². The minimum Gasteiger partial charge on any atom is -0.314 e. The summed E-state index contributed by atoms with van der Waals surface area (Å²) in [4.78, 5) is 1.41. The van der Waals surface area contributed by atoms with Gasteiger partial charge in [-0.25, -0.2) is 0 Å². The van der Waals surface area contributed by atoms with E-state index in [1.807, 2.05) is 0 Å². The van der Waals surface area contributed by atoms with E-state index < -0.39 is 0 Å². The molecule has 1 aromatic rings. The van der Waals surface area contributed by atoms with Gasteiger partial charge in [0.15, 0.2) is 0 Å². The molecule has 0 amide bonds. The Morgan fingerprint density at radius 3 is 2.53 bits per heavy atom. The highest BCUT2D eigenvalue weighted by Crippen LogP contribution is 2.30. The third-order valence-corrected chi connectivity index (χ3v) is 4.56. The van der Waals surface area contributed by atoms with Crippen molar-refractivity contribution in [1.29, 1.82) is 0 Å². The largest absolute Gasteiger partial charge is 0.314 e.